The van der Waals surface area contributed by atoms with Crippen LogP contribution >= 0.6 is 23.4 Å². The molecule has 0 radical (unpaired) electrons. The second kappa shape index (κ2) is 12.0. The third-order valence-corrected chi connectivity index (χ3v) is 8.09. The third-order valence-electron chi connectivity index (χ3n) is 6.85. The number of amides is 1. The van der Waals surface area contributed by atoms with E-state index in [-0.39, 0.29) is 17.3 Å². The van der Waals surface area contributed by atoms with Crippen molar-refractivity contribution >= 4 is 40.6 Å². The summed E-state index contributed by atoms with van der Waals surface area (Å²) < 4.78 is 7.59. The largest absolute Gasteiger partial charge is 0.447 e. The molecule has 1 aliphatic heterocycles. The molecule has 42 heavy (non-hydrogen) atoms. The Morgan fingerprint density at radius 1 is 0.929 bits per heavy atom. The number of halogens is 1. The summed E-state index contributed by atoms with van der Waals surface area (Å²) in [6.07, 6.45) is 1.39. The minimum Gasteiger partial charge on any atom is -0.447 e. The molecule has 3 aromatic carbocycles. The highest BCUT2D eigenvalue weighted by atomic mass is 35.5. The monoisotopic (exact) mass is 601 g/mol. The van der Waals surface area contributed by atoms with Crippen molar-refractivity contribution in [3.8, 4) is 17.1 Å². The highest BCUT2D eigenvalue weighted by Crippen LogP contribution is 2.33. The molecule has 0 aliphatic carbocycles. The van der Waals surface area contributed by atoms with Crippen molar-refractivity contribution in [1.29, 1.82) is 0 Å². The van der Waals surface area contributed by atoms with Gasteiger partial charge in [-0.1, -0.05) is 53.7 Å². The Hall–Kier alpha value is -4.68. The molecule has 0 unspecified atom stereocenters. The number of hydrogen-bond acceptors (Lipinski definition) is 9. The van der Waals surface area contributed by atoms with Crippen molar-refractivity contribution in [3.05, 3.63) is 112 Å². The van der Waals surface area contributed by atoms with Crippen LogP contribution in [0.25, 0.3) is 17.1 Å². The fourth-order valence-electron chi connectivity index (χ4n) is 4.71. The number of nitrogens with zero attached hydrogens (tertiary/aromatic N) is 7. The minimum atomic E-state index is -0.419. The van der Waals surface area contributed by atoms with Crippen LogP contribution < -0.4 is 4.90 Å². The number of carbonyl (C=O) groups excluding carboxylic acids is 1. The van der Waals surface area contributed by atoms with Gasteiger partial charge in [0.2, 0.25) is 5.89 Å². The molecule has 0 N–H and O–H groups in total. The summed E-state index contributed by atoms with van der Waals surface area (Å²) in [5.74, 6) is 1.15. The van der Waals surface area contributed by atoms with Crippen molar-refractivity contribution in [3.63, 3.8) is 0 Å². The molecular weight excluding hydrogens is 578 g/mol. The average molecular weight is 602 g/mol. The van der Waals surface area contributed by atoms with Gasteiger partial charge in [0.15, 0.2) is 16.7 Å². The molecular formula is C29H24ClN7O4S. The zero-order valence-corrected chi connectivity index (χ0v) is 23.7. The van der Waals surface area contributed by atoms with Crippen LogP contribution in [0.1, 0.15) is 16.4 Å². The van der Waals surface area contributed by atoms with Crippen molar-refractivity contribution in [2.45, 2.75) is 10.9 Å². The number of rotatable bonds is 8. The molecule has 1 amide bonds. The normalized spacial score (nSPS) is 13.4. The Balaban J connectivity index is 1.12. The van der Waals surface area contributed by atoms with Gasteiger partial charge >= 0.3 is 0 Å². The van der Waals surface area contributed by atoms with Gasteiger partial charge in [-0.25, -0.2) is 4.98 Å². The highest BCUT2D eigenvalue weighted by Gasteiger charge is 2.25. The summed E-state index contributed by atoms with van der Waals surface area (Å²) in [5.41, 5.74) is 2.83. The third kappa shape index (κ3) is 5.71. The number of non-ortho nitro benzene ring substituents is 1. The van der Waals surface area contributed by atoms with E-state index in [9.17, 15) is 14.9 Å². The van der Waals surface area contributed by atoms with E-state index in [2.05, 4.69) is 20.1 Å². The number of thioether (sulfide) groups is 1. The SMILES string of the molecule is O=C(c1coc(CSc2nnc(-c3ccccc3Cl)n2-c2ccccc2)n1)N1CCN(c2ccc([N+](=O)[O-])cc2)CC1. The molecule has 6 rings (SSSR count). The van der Waals surface area contributed by atoms with Gasteiger partial charge in [-0.15, -0.1) is 10.2 Å². The Morgan fingerprint density at radius 3 is 2.36 bits per heavy atom. The fraction of sp³-hybridized carbons (Fsp3) is 0.172. The van der Waals surface area contributed by atoms with Gasteiger partial charge in [0, 0.05) is 55.2 Å². The first-order chi connectivity index (χ1) is 20.5. The number of anilines is 1. The number of oxazole rings is 1. The summed E-state index contributed by atoms with van der Waals surface area (Å²) in [6.45, 7) is 2.20. The molecule has 0 saturated carbocycles. The molecule has 2 aromatic heterocycles. The number of benzene rings is 3. The second-order valence-corrected chi connectivity index (χ2v) is 10.8. The minimum absolute atomic E-state index is 0.0499. The molecule has 212 valence electrons. The van der Waals surface area contributed by atoms with E-state index in [0.29, 0.717) is 53.8 Å². The van der Waals surface area contributed by atoms with Crippen LogP contribution in [0.5, 0.6) is 0 Å². The van der Waals surface area contributed by atoms with Crippen LogP contribution in [0.3, 0.4) is 0 Å². The van der Waals surface area contributed by atoms with E-state index in [4.69, 9.17) is 16.0 Å². The number of hydrogen-bond donors (Lipinski definition) is 0. The van der Waals surface area contributed by atoms with E-state index in [1.807, 2.05) is 59.2 Å². The smallest absolute Gasteiger partial charge is 0.275 e. The van der Waals surface area contributed by atoms with Gasteiger partial charge in [0.05, 0.1) is 15.7 Å². The van der Waals surface area contributed by atoms with E-state index >= 15 is 0 Å². The summed E-state index contributed by atoms with van der Waals surface area (Å²) in [4.78, 5) is 31.9. The molecule has 11 nitrogen and oxygen atoms in total. The summed E-state index contributed by atoms with van der Waals surface area (Å²) in [7, 11) is 0. The lowest BCUT2D eigenvalue weighted by Gasteiger charge is -2.35. The van der Waals surface area contributed by atoms with Crippen LogP contribution in [0.15, 0.2) is 94.7 Å². The van der Waals surface area contributed by atoms with E-state index in [1.54, 1.807) is 17.0 Å². The zero-order valence-electron chi connectivity index (χ0n) is 22.2. The maximum Gasteiger partial charge on any atom is 0.275 e. The van der Waals surface area contributed by atoms with Crippen molar-refractivity contribution in [2.24, 2.45) is 0 Å². The molecule has 3 heterocycles. The Bertz CT molecular complexity index is 1720. The molecule has 1 saturated heterocycles. The molecule has 1 aliphatic rings. The standard InChI is InChI=1S/C29H24ClN7O4S/c30-24-9-5-4-8-23(24)27-32-33-29(36(27)21-6-2-1-3-7-21)42-19-26-31-25(18-41-26)28(38)35-16-14-34(15-17-35)20-10-12-22(13-11-20)37(39)40/h1-13,18H,14-17,19H2. The molecule has 0 atom stereocenters. The summed E-state index contributed by atoms with van der Waals surface area (Å²) >= 11 is 7.87. The molecule has 13 heteroatoms. The van der Waals surface area contributed by atoms with E-state index in [1.165, 1.54) is 30.2 Å². The fourth-order valence-corrected chi connectivity index (χ4v) is 5.73. The van der Waals surface area contributed by atoms with Crippen LogP contribution in [-0.4, -0.2) is 61.7 Å². The van der Waals surface area contributed by atoms with Crippen molar-refractivity contribution in [2.75, 3.05) is 31.1 Å². The lowest BCUT2D eigenvalue weighted by atomic mass is 10.2. The quantitative estimate of drug-likeness (QED) is 0.124. The van der Waals surface area contributed by atoms with Gasteiger partial charge in [-0.2, -0.15) is 0 Å². The van der Waals surface area contributed by atoms with Gasteiger partial charge in [-0.3, -0.25) is 19.5 Å². The molecule has 5 aromatic rings. The first-order valence-corrected chi connectivity index (χ1v) is 14.5. The predicted molar refractivity (Wildman–Crippen MR) is 159 cm³/mol. The van der Waals surface area contributed by atoms with Gasteiger partial charge < -0.3 is 14.2 Å². The number of piperazine rings is 1. The number of carbonyl (C=O) groups is 1. The lowest BCUT2D eigenvalue weighted by molar-refractivity contribution is -0.384. The number of para-hydroxylation sites is 1. The van der Waals surface area contributed by atoms with Crippen LogP contribution in [-0.2, 0) is 5.75 Å². The zero-order chi connectivity index (χ0) is 29.1. The predicted octanol–water partition coefficient (Wildman–Crippen LogP) is 5.74. The second-order valence-electron chi connectivity index (χ2n) is 9.42. The van der Waals surface area contributed by atoms with Crippen molar-refractivity contribution in [1.82, 2.24) is 24.6 Å². The lowest BCUT2D eigenvalue weighted by Crippen LogP contribution is -2.48. The average Bonchev–Trinajstić information content (AvgIpc) is 3.68. The molecule has 1 fully saturated rings. The van der Waals surface area contributed by atoms with Gasteiger partial charge in [0.25, 0.3) is 11.6 Å². The first kappa shape index (κ1) is 27.5. The summed E-state index contributed by atoms with van der Waals surface area (Å²) in [6, 6.07) is 23.7. The highest BCUT2D eigenvalue weighted by molar-refractivity contribution is 7.98. The number of aromatic nitrogens is 4. The molecule has 0 bridgehead atoms. The Morgan fingerprint density at radius 2 is 1.64 bits per heavy atom. The van der Waals surface area contributed by atoms with Crippen LogP contribution in [0, 0.1) is 10.1 Å². The van der Waals surface area contributed by atoms with Gasteiger partial charge in [-0.05, 0) is 36.4 Å². The topological polar surface area (TPSA) is 123 Å². The van der Waals surface area contributed by atoms with Gasteiger partial charge in [0.1, 0.15) is 6.26 Å². The summed E-state index contributed by atoms with van der Waals surface area (Å²) in [5, 5.41) is 21.0. The van der Waals surface area contributed by atoms with E-state index < -0.39 is 4.92 Å². The first-order valence-electron chi connectivity index (χ1n) is 13.1. The number of nitro groups is 1. The molecule has 0 spiro atoms. The Kier molecular flexibility index (Phi) is 7.89. The van der Waals surface area contributed by atoms with Crippen LogP contribution in [0.2, 0.25) is 5.02 Å². The number of nitro benzene ring substituents is 1. The maximum atomic E-state index is 13.1. The van der Waals surface area contributed by atoms with Crippen molar-refractivity contribution < 1.29 is 14.1 Å². The van der Waals surface area contributed by atoms with Crippen LogP contribution in [0.4, 0.5) is 11.4 Å². The maximum absolute atomic E-state index is 13.1. The Labute approximate surface area is 249 Å². The van der Waals surface area contributed by atoms with E-state index in [0.717, 1.165) is 16.9 Å².